The number of carbonyl (C=O) groups excluding carboxylic acids is 2. The molecule has 4 nitrogen and oxygen atoms in total. The van der Waals surface area contributed by atoms with Gasteiger partial charge in [-0.05, 0) is 17.7 Å². The van der Waals surface area contributed by atoms with E-state index in [-0.39, 0.29) is 30.0 Å². The van der Waals surface area contributed by atoms with Crippen LogP contribution in [0.1, 0.15) is 18.0 Å². The quantitative estimate of drug-likeness (QED) is 0.947. The third-order valence-electron chi connectivity index (χ3n) is 4.20. The van der Waals surface area contributed by atoms with Crippen molar-refractivity contribution in [2.24, 2.45) is 5.92 Å². The Labute approximate surface area is 133 Å². The minimum atomic E-state index is -0.547. The summed E-state index contributed by atoms with van der Waals surface area (Å²) in [5.74, 6) is -1.47. The highest BCUT2D eigenvalue weighted by Gasteiger charge is 2.42. The number of amides is 2. The van der Waals surface area contributed by atoms with Gasteiger partial charge < -0.3 is 10.2 Å². The third kappa shape index (κ3) is 2.95. The average molecular weight is 312 g/mol. The normalized spacial score (nSPS) is 20.6. The van der Waals surface area contributed by atoms with Gasteiger partial charge in [-0.3, -0.25) is 9.59 Å². The number of nitrogens with zero attached hydrogens (tertiary/aromatic N) is 1. The maximum absolute atomic E-state index is 13.7. The molecule has 3 rings (SSSR count). The molecule has 2 aromatic carbocycles. The summed E-state index contributed by atoms with van der Waals surface area (Å²) in [6.45, 7) is 0. The van der Waals surface area contributed by atoms with Gasteiger partial charge in [0.05, 0.1) is 17.6 Å². The van der Waals surface area contributed by atoms with Crippen LogP contribution in [0.3, 0.4) is 0 Å². The number of benzene rings is 2. The van der Waals surface area contributed by atoms with E-state index >= 15 is 0 Å². The van der Waals surface area contributed by atoms with Crippen molar-refractivity contribution in [3.63, 3.8) is 0 Å². The molecule has 1 N–H and O–H groups in total. The molecular weight excluding hydrogens is 295 g/mol. The van der Waals surface area contributed by atoms with Crippen LogP contribution >= 0.6 is 0 Å². The minimum absolute atomic E-state index is 0.0902. The lowest BCUT2D eigenvalue weighted by Crippen LogP contribution is -2.30. The summed E-state index contributed by atoms with van der Waals surface area (Å²) < 4.78 is 13.7. The number of hydrogen-bond donors (Lipinski definition) is 1. The van der Waals surface area contributed by atoms with Gasteiger partial charge in [0, 0.05) is 13.5 Å². The summed E-state index contributed by atoms with van der Waals surface area (Å²) in [4.78, 5) is 26.2. The van der Waals surface area contributed by atoms with Crippen molar-refractivity contribution in [3.05, 3.63) is 66.0 Å². The number of para-hydroxylation sites is 1. The van der Waals surface area contributed by atoms with Crippen LogP contribution in [-0.4, -0.2) is 23.8 Å². The standard InChI is InChI=1S/C18H17FN2O2/c1-21-16(22)11-13(17(21)12-7-3-2-4-8-12)18(23)20-15-10-6-5-9-14(15)19/h2-10,13,17H,11H2,1H3,(H,20,23)/t13-,17-/m0/s1. The van der Waals surface area contributed by atoms with Crippen LogP contribution < -0.4 is 5.32 Å². The highest BCUT2D eigenvalue weighted by atomic mass is 19.1. The van der Waals surface area contributed by atoms with Crippen molar-refractivity contribution >= 4 is 17.5 Å². The molecule has 0 spiro atoms. The van der Waals surface area contributed by atoms with E-state index in [9.17, 15) is 14.0 Å². The Kier molecular flexibility index (Phi) is 4.10. The monoisotopic (exact) mass is 312 g/mol. The number of nitrogens with one attached hydrogen (secondary N) is 1. The molecule has 5 heteroatoms. The Morgan fingerprint density at radius 2 is 1.78 bits per heavy atom. The number of likely N-dealkylation sites (tertiary alicyclic amines) is 1. The van der Waals surface area contributed by atoms with Gasteiger partial charge in [-0.15, -0.1) is 0 Å². The molecule has 1 aliphatic rings. The van der Waals surface area contributed by atoms with Crippen LogP contribution in [0.2, 0.25) is 0 Å². The van der Waals surface area contributed by atoms with Gasteiger partial charge >= 0.3 is 0 Å². The molecule has 0 aromatic heterocycles. The second-order valence-electron chi connectivity index (χ2n) is 5.64. The first-order valence-electron chi connectivity index (χ1n) is 7.44. The fourth-order valence-electron chi connectivity index (χ4n) is 3.00. The SMILES string of the molecule is CN1C(=O)C[C@H](C(=O)Nc2ccccc2F)[C@@H]1c1ccccc1. The van der Waals surface area contributed by atoms with E-state index in [1.54, 1.807) is 24.1 Å². The van der Waals surface area contributed by atoms with E-state index in [0.29, 0.717) is 0 Å². The molecule has 1 fully saturated rings. The third-order valence-corrected chi connectivity index (χ3v) is 4.20. The van der Waals surface area contributed by atoms with E-state index in [1.807, 2.05) is 30.3 Å². The van der Waals surface area contributed by atoms with E-state index in [0.717, 1.165) is 5.56 Å². The lowest BCUT2D eigenvalue weighted by atomic mass is 9.93. The van der Waals surface area contributed by atoms with E-state index in [2.05, 4.69) is 5.32 Å². The molecule has 0 saturated carbocycles. The average Bonchev–Trinajstić information content (AvgIpc) is 2.86. The number of anilines is 1. The summed E-state index contributed by atoms with van der Waals surface area (Å²) in [6.07, 6.45) is 0.121. The van der Waals surface area contributed by atoms with Crippen LogP contribution in [0.5, 0.6) is 0 Å². The van der Waals surface area contributed by atoms with E-state index in [1.165, 1.54) is 12.1 Å². The van der Waals surface area contributed by atoms with Crippen LogP contribution in [0.4, 0.5) is 10.1 Å². The van der Waals surface area contributed by atoms with Gasteiger partial charge in [-0.25, -0.2) is 4.39 Å². The topological polar surface area (TPSA) is 49.4 Å². The van der Waals surface area contributed by atoms with Crippen molar-refractivity contribution in [3.8, 4) is 0 Å². The predicted octanol–water partition coefficient (Wildman–Crippen LogP) is 2.98. The van der Waals surface area contributed by atoms with Crippen LogP contribution in [-0.2, 0) is 9.59 Å². The Balaban J connectivity index is 1.86. The van der Waals surface area contributed by atoms with Crippen LogP contribution in [0.25, 0.3) is 0 Å². The molecular formula is C18H17FN2O2. The summed E-state index contributed by atoms with van der Waals surface area (Å²) in [7, 11) is 1.69. The maximum atomic E-state index is 13.7. The Hall–Kier alpha value is -2.69. The summed E-state index contributed by atoms with van der Waals surface area (Å²) in [5.41, 5.74) is 1.03. The smallest absolute Gasteiger partial charge is 0.230 e. The second-order valence-corrected chi connectivity index (χ2v) is 5.64. The van der Waals surface area contributed by atoms with Crippen LogP contribution in [0.15, 0.2) is 54.6 Å². The van der Waals surface area contributed by atoms with Gasteiger partial charge in [0.2, 0.25) is 11.8 Å². The largest absolute Gasteiger partial charge is 0.338 e. The van der Waals surface area contributed by atoms with Gasteiger partial charge in [0.1, 0.15) is 5.82 Å². The van der Waals surface area contributed by atoms with Crippen molar-refractivity contribution in [2.75, 3.05) is 12.4 Å². The number of carbonyl (C=O) groups is 2. The Morgan fingerprint density at radius 1 is 1.13 bits per heavy atom. The van der Waals surface area contributed by atoms with Gasteiger partial charge in [0.25, 0.3) is 0 Å². The molecule has 23 heavy (non-hydrogen) atoms. The fraction of sp³-hybridized carbons (Fsp3) is 0.222. The highest BCUT2D eigenvalue weighted by Crippen LogP contribution is 2.37. The molecule has 0 bridgehead atoms. The Bertz CT molecular complexity index is 733. The molecule has 2 amide bonds. The van der Waals surface area contributed by atoms with Crippen molar-refractivity contribution in [1.29, 1.82) is 0 Å². The van der Waals surface area contributed by atoms with Gasteiger partial charge in [-0.2, -0.15) is 0 Å². The summed E-state index contributed by atoms with van der Waals surface area (Å²) >= 11 is 0. The van der Waals surface area contributed by atoms with Gasteiger partial charge in [-0.1, -0.05) is 42.5 Å². The van der Waals surface area contributed by atoms with Crippen molar-refractivity contribution in [1.82, 2.24) is 4.90 Å². The maximum Gasteiger partial charge on any atom is 0.230 e. The van der Waals surface area contributed by atoms with Crippen LogP contribution in [0, 0.1) is 11.7 Å². The second kappa shape index (κ2) is 6.20. The first-order valence-corrected chi connectivity index (χ1v) is 7.44. The first-order chi connectivity index (χ1) is 11.1. The summed E-state index contributed by atoms with van der Waals surface area (Å²) in [5, 5.41) is 2.60. The van der Waals surface area contributed by atoms with Crippen molar-refractivity contribution < 1.29 is 14.0 Å². The first kappa shape index (κ1) is 15.2. The summed E-state index contributed by atoms with van der Waals surface area (Å²) in [6, 6.07) is 15.1. The number of halogens is 1. The van der Waals surface area contributed by atoms with Gasteiger partial charge in [0.15, 0.2) is 0 Å². The zero-order chi connectivity index (χ0) is 16.4. The molecule has 0 aliphatic carbocycles. The molecule has 2 atom stereocenters. The van der Waals surface area contributed by atoms with E-state index < -0.39 is 11.7 Å². The fourth-order valence-corrected chi connectivity index (χ4v) is 3.00. The molecule has 1 heterocycles. The molecule has 1 aliphatic heterocycles. The predicted molar refractivity (Wildman–Crippen MR) is 85.1 cm³/mol. The lowest BCUT2D eigenvalue weighted by molar-refractivity contribution is -0.127. The highest BCUT2D eigenvalue weighted by molar-refractivity contribution is 5.98. The van der Waals surface area contributed by atoms with E-state index in [4.69, 9.17) is 0 Å². The molecule has 1 saturated heterocycles. The van der Waals surface area contributed by atoms with Crippen molar-refractivity contribution in [2.45, 2.75) is 12.5 Å². The minimum Gasteiger partial charge on any atom is -0.338 e. The number of hydrogen-bond acceptors (Lipinski definition) is 2. The Morgan fingerprint density at radius 3 is 2.48 bits per heavy atom. The molecule has 0 radical (unpaired) electrons. The molecule has 2 aromatic rings. The zero-order valence-electron chi connectivity index (χ0n) is 12.7. The number of rotatable bonds is 3. The molecule has 118 valence electrons. The lowest BCUT2D eigenvalue weighted by Gasteiger charge is -2.25. The molecule has 0 unspecified atom stereocenters. The zero-order valence-corrected chi connectivity index (χ0v) is 12.7.